The van der Waals surface area contributed by atoms with Crippen molar-refractivity contribution < 1.29 is 4.74 Å². The van der Waals surface area contributed by atoms with Gasteiger partial charge in [-0.1, -0.05) is 13.8 Å². The van der Waals surface area contributed by atoms with Gasteiger partial charge in [-0.3, -0.25) is 4.79 Å². The van der Waals surface area contributed by atoms with Crippen molar-refractivity contribution in [3.63, 3.8) is 0 Å². The summed E-state index contributed by atoms with van der Waals surface area (Å²) >= 11 is 0. The van der Waals surface area contributed by atoms with E-state index in [-0.39, 0.29) is 5.56 Å². The number of nitrogens with one attached hydrogen (secondary N) is 2. The molecule has 1 aromatic rings. The molecule has 0 saturated heterocycles. The van der Waals surface area contributed by atoms with Gasteiger partial charge in [0, 0.05) is 19.2 Å². The standard InChI is InChI=1S/C16H25N3O2/c1-15(2)5-7-16(21-3,8-6-15)14-18-12-10-17-9-4-11(12)13(20)19-14/h17H,4-10H2,1-3H3,(H,18,19,20). The third kappa shape index (κ3) is 2.64. The van der Waals surface area contributed by atoms with Crippen LogP contribution in [0.25, 0.3) is 0 Å². The van der Waals surface area contributed by atoms with Gasteiger partial charge in [0.1, 0.15) is 11.4 Å². The van der Waals surface area contributed by atoms with Crippen LogP contribution in [0.4, 0.5) is 0 Å². The molecular formula is C16H25N3O2. The van der Waals surface area contributed by atoms with Crippen molar-refractivity contribution in [1.29, 1.82) is 0 Å². The molecule has 2 N–H and O–H groups in total. The number of aromatic amines is 1. The molecule has 1 saturated carbocycles. The summed E-state index contributed by atoms with van der Waals surface area (Å²) in [6.07, 6.45) is 4.74. The maximum Gasteiger partial charge on any atom is 0.254 e. The van der Waals surface area contributed by atoms with Crippen molar-refractivity contribution >= 4 is 0 Å². The van der Waals surface area contributed by atoms with Crippen molar-refractivity contribution in [2.24, 2.45) is 5.41 Å². The summed E-state index contributed by atoms with van der Waals surface area (Å²) in [7, 11) is 1.73. The second-order valence-corrected chi connectivity index (χ2v) is 7.13. The molecule has 0 spiro atoms. The van der Waals surface area contributed by atoms with Gasteiger partial charge in [0.2, 0.25) is 0 Å². The fourth-order valence-electron chi connectivity index (χ4n) is 3.45. The molecule has 1 aliphatic heterocycles. The zero-order valence-electron chi connectivity index (χ0n) is 13.2. The van der Waals surface area contributed by atoms with Crippen LogP contribution in [-0.2, 0) is 23.3 Å². The lowest BCUT2D eigenvalue weighted by atomic mass is 9.70. The molecule has 0 bridgehead atoms. The third-order valence-corrected chi connectivity index (χ3v) is 5.18. The Bertz CT molecular complexity index is 582. The number of hydrogen-bond donors (Lipinski definition) is 2. The van der Waals surface area contributed by atoms with Crippen LogP contribution in [-0.4, -0.2) is 23.6 Å². The molecule has 5 nitrogen and oxygen atoms in total. The molecule has 1 aliphatic carbocycles. The van der Waals surface area contributed by atoms with Gasteiger partial charge in [0.15, 0.2) is 0 Å². The maximum absolute atomic E-state index is 12.3. The lowest BCUT2D eigenvalue weighted by molar-refractivity contribution is -0.0732. The van der Waals surface area contributed by atoms with E-state index in [2.05, 4.69) is 24.1 Å². The normalized spacial score (nSPS) is 23.6. The van der Waals surface area contributed by atoms with Gasteiger partial charge in [-0.25, -0.2) is 4.98 Å². The zero-order chi connectivity index (χ0) is 15.1. The minimum absolute atomic E-state index is 0.0118. The number of ether oxygens (including phenoxy) is 1. The Morgan fingerprint density at radius 1 is 1.19 bits per heavy atom. The predicted octanol–water partition coefficient (Wildman–Crippen LogP) is 1.86. The highest BCUT2D eigenvalue weighted by atomic mass is 16.5. The molecule has 2 heterocycles. The van der Waals surface area contributed by atoms with Gasteiger partial charge in [-0.15, -0.1) is 0 Å². The number of methoxy groups -OCH3 is 1. The van der Waals surface area contributed by atoms with Crippen LogP contribution in [0.15, 0.2) is 4.79 Å². The van der Waals surface area contributed by atoms with E-state index in [0.29, 0.717) is 17.8 Å². The summed E-state index contributed by atoms with van der Waals surface area (Å²) in [6, 6.07) is 0. The van der Waals surface area contributed by atoms with Gasteiger partial charge < -0.3 is 15.0 Å². The van der Waals surface area contributed by atoms with E-state index >= 15 is 0 Å². The highest BCUT2D eigenvalue weighted by Gasteiger charge is 2.42. The number of rotatable bonds is 2. The first-order chi connectivity index (χ1) is 9.96. The number of aromatic nitrogens is 2. The van der Waals surface area contributed by atoms with Crippen molar-refractivity contribution in [2.75, 3.05) is 13.7 Å². The smallest absolute Gasteiger partial charge is 0.254 e. The molecule has 0 aromatic carbocycles. The molecule has 3 rings (SSSR count). The van der Waals surface area contributed by atoms with Gasteiger partial charge in [0.05, 0.1) is 5.69 Å². The van der Waals surface area contributed by atoms with E-state index in [1.165, 1.54) is 0 Å². The first-order valence-electron chi connectivity index (χ1n) is 7.84. The van der Waals surface area contributed by atoms with E-state index < -0.39 is 5.60 Å². The Balaban J connectivity index is 1.98. The molecule has 0 radical (unpaired) electrons. The lowest BCUT2D eigenvalue weighted by Crippen LogP contribution is -2.41. The molecule has 0 atom stereocenters. The Hall–Kier alpha value is -1.20. The van der Waals surface area contributed by atoms with Crippen molar-refractivity contribution in [1.82, 2.24) is 15.3 Å². The van der Waals surface area contributed by atoms with Crippen LogP contribution >= 0.6 is 0 Å². The molecule has 116 valence electrons. The van der Waals surface area contributed by atoms with E-state index in [0.717, 1.165) is 49.9 Å². The van der Waals surface area contributed by atoms with E-state index in [4.69, 9.17) is 9.72 Å². The number of H-pyrrole nitrogens is 1. The number of hydrogen-bond acceptors (Lipinski definition) is 4. The minimum atomic E-state index is -0.429. The molecule has 1 aromatic heterocycles. The van der Waals surface area contributed by atoms with Gasteiger partial charge in [0.25, 0.3) is 5.56 Å². The summed E-state index contributed by atoms with van der Waals surface area (Å²) in [6.45, 7) is 6.11. The van der Waals surface area contributed by atoms with E-state index in [1.54, 1.807) is 7.11 Å². The van der Waals surface area contributed by atoms with Crippen LogP contribution in [0.5, 0.6) is 0 Å². The number of fused-ring (bicyclic) bond motifs is 1. The Morgan fingerprint density at radius 2 is 1.90 bits per heavy atom. The topological polar surface area (TPSA) is 67.0 Å². The highest BCUT2D eigenvalue weighted by Crippen LogP contribution is 2.45. The predicted molar refractivity (Wildman–Crippen MR) is 81.2 cm³/mol. The van der Waals surface area contributed by atoms with E-state index in [9.17, 15) is 4.79 Å². The summed E-state index contributed by atoms with van der Waals surface area (Å²) in [5.41, 5.74) is 1.65. The molecule has 2 aliphatic rings. The minimum Gasteiger partial charge on any atom is -0.370 e. The Labute approximate surface area is 125 Å². The monoisotopic (exact) mass is 291 g/mol. The van der Waals surface area contributed by atoms with Crippen LogP contribution in [0.2, 0.25) is 0 Å². The van der Waals surface area contributed by atoms with E-state index in [1.807, 2.05) is 0 Å². The average molecular weight is 291 g/mol. The van der Waals surface area contributed by atoms with Crippen molar-refractivity contribution in [3.8, 4) is 0 Å². The fourth-order valence-corrected chi connectivity index (χ4v) is 3.45. The molecule has 1 fully saturated rings. The maximum atomic E-state index is 12.3. The molecule has 5 heteroatoms. The quantitative estimate of drug-likeness (QED) is 0.873. The van der Waals surface area contributed by atoms with Gasteiger partial charge in [-0.05, 0) is 44.1 Å². The van der Waals surface area contributed by atoms with Crippen LogP contribution in [0.1, 0.15) is 56.6 Å². The summed E-state index contributed by atoms with van der Waals surface area (Å²) in [4.78, 5) is 20.1. The fraction of sp³-hybridized carbons (Fsp3) is 0.750. The first-order valence-corrected chi connectivity index (χ1v) is 7.84. The summed E-state index contributed by atoms with van der Waals surface area (Å²) in [5.74, 6) is 0.716. The second-order valence-electron chi connectivity index (χ2n) is 7.13. The summed E-state index contributed by atoms with van der Waals surface area (Å²) in [5, 5.41) is 3.29. The third-order valence-electron chi connectivity index (χ3n) is 5.18. The van der Waals surface area contributed by atoms with Gasteiger partial charge >= 0.3 is 0 Å². The van der Waals surface area contributed by atoms with Crippen LogP contribution in [0.3, 0.4) is 0 Å². The molecule has 0 unspecified atom stereocenters. The highest BCUT2D eigenvalue weighted by molar-refractivity contribution is 5.22. The Kier molecular flexibility index (Phi) is 3.66. The Morgan fingerprint density at radius 3 is 2.57 bits per heavy atom. The number of nitrogens with zero attached hydrogens (tertiary/aromatic N) is 1. The van der Waals surface area contributed by atoms with Gasteiger partial charge in [-0.2, -0.15) is 0 Å². The van der Waals surface area contributed by atoms with Crippen LogP contribution < -0.4 is 10.9 Å². The zero-order valence-corrected chi connectivity index (χ0v) is 13.2. The van der Waals surface area contributed by atoms with Crippen molar-refractivity contribution in [2.45, 2.75) is 58.1 Å². The molecule has 21 heavy (non-hydrogen) atoms. The summed E-state index contributed by atoms with van der Waals surface area (Å²) < 4.78 is 5.85. The SMILES string of the molecule is COC1(c2nc3c(c(=O)[nH]2)CCNC3)CCC(C)(C)CC1. The molecular weight excluding hydrogens is 266 g/mol. The van der Waals surface area contributed by atoms with Crippen LogP contribution in [0, 0.1) is 5.41 Å². The average Bonchev–Trinajstić information content (AvgIpc) is 2.48. The lowest BCUT2D eigenvalue weighted by Gasteiger charge is -2.42. The van der Waals surface area contributed by atoms with Crippen molar-refractivity contribution in [3.05, 3.63) is 27.4 Å². The molecule has 0 amide bonds. The largest absolute Gasteiger partial charge is 0.370 e. The first kappa shape index (κ1) is 14.7. The second kappa shape index (κ2) is 5.21.